The highest BCUT2D eigenvalue weighted by Gasteiger charge is 2.36. The summed E-state index contributed by atoms with van der Waals surface area (Å²) in [5.41, 5.74) is 2.58. The molecule has 0 bridgehead atoms. The van der Waals surface area contributed by atoms with E-state index in [1.165, 1.54) is 31.2 Å². The Balaban J connectivity index is 0.00000176. The molecular weight excluding hydrogens is 296 g/mol. The van der Waals surface area contributed by atoms with Gasteiger partial charge in [0.05, 0.1) is 0 Å². The van der Waals surface area contributed by atoms with E-state index in [1.807, 2.05) is 18.2 Å². The standard InChI is InChI=1S/C18H26N2O.ClH/c1-2-15-5-3-4-6-16(15)17(21)20-13-9-18(10-14-20)7-11-19-12-8-18;/h3-6,19H,2,7-14H2,1H3;1H. The molecule has 2 aliphatic rings. The molecule has 1 aromatic rings. The zero-order valence-electron chi connectivity index (χ0n) is 13.4. The van der Waals surface area contributed by atoms with Crippen LogP contribution in [-0.2, 0) is 6.42 Å². The van der Waals surface area contributed by atoms with E-state index in [9.17, 15) is 4.79 Å². The molecule has 1 aromatic carbocycles. The van der Waals surface area contributed by atoms with Crippen LogP contribution in [0.1, 0.15) is 48.5 Å². The minimum Gasteiger partial charge on any atom is -0.339 e. The first-order chi connectivity index (χ1) is 10.2. The molecule has 2 aliphatic heterocycles. The molecule has 2 heterocycles. The molecule has 22 heavy (non-hydrogen) atoms. The molecule has 0 aromatic heterocycles. The van der Waals surface area contributed by atoms with Gasteiger partial charge in [0.25, 0.3) is 5.91 Å². The minimum atomic E-state index is 0. The molecule has 3 rings (SSSR count). The average molecular weight is 323 g/mol. The van der Waals surface area contributed by atoms with Gasteiger partial charge in [-0.1, -0.05) is 25.1 Å². The number of rotatable bonds is 2. The first kappa shape index (κ1) is 17.3. The van der Waals surface area contributed by atoms with Crippen LogP contribution in [0.3, 0.4) is 0 Å². The Labute approximate surface area is 139 Å². The number of hydrogen-bond acceptors (Lipinski definition) is 2. The molecule has 3 nitrogen and oxygen atoms in total. The van der Waals surface area contributed by atoms with Gasteiger partial charge in [0.2, 0.25) is 0 Å². The van der Waals surface area contributed by atoms with E-state index in [4.69, 9.17) is 0 Å². The molecule has 0 atom stereocenters. The number of amides is 1. The Morgan fingerprint density at radius 1 is 1.14 bits per heavy atom. The second kappa shape index (κ2) is 7.47. The smallest absolute Gasteiger partial charge is 0.254 e. The van der Waals surface area contributed by atoms with E-state index in [0.717, 1.165) is 38.2 Å². The van der Waals surface area contributed by atoms with Crippen molar-refractivity contribution in [2.45, 2.75) is 39.0 Å². The van der Waals surface area contributed by atoms with Crippen LogP contribution >= 0.6 is 12.4 Å². The summed E-state index contributed by atoms with van der Waals surface area (Å²) in [6.07, 6.45) is 5.83. The normalized spacial score (nSPS) is 20.5. The van der Waals surface area contributed by atoms with Crippen molar-refractivity contribution in [3.05, 3.63) is 35.4 Å². The lowest BCUT2D eigenvalue weighted by molar-refractivity contribution is 0.0495. The van der Waals surface area contributed by atoms with Gasteiger partial charge in [0.15, 0.2) is 0 Å². The van der Waals surface area contributed by atoms with Crippen LogP contribution in [0, 0.1) is 5.41 Å². The zero-order chi connectivity index (χ0) is 14.7. The fourth-order valence-corrected chi connectivity index (χ4v) is 3.85. The van der Waals surface area contributed by atoms with Gasteiger partial charge < -0.3 is 10.2 Å². The van der Waals surface area contributed by atoms with Crippen molar-refractivity contribution in [2.24, 2.45) is 5.41 Å². The third-order valence-corrected chi connectivity index (χ3v) is 5.40. The quantitative estimate of drug-likeness (QED) is 0.906. The van der Waals surface area contributed by atoms with Crippen molar-refractivity contribution in [2.75, 3.05) is 26.2 Å². The van der Waals surface area contributed by atoms with Gasteiger partial charge in [-0.05, 0) is 62.2 Å². The summed E-state index contributed by atoms with van der Waals surface area (Å²) in [6, 6.07) is 8.06. The Hall–Kier alpha value is -1.06. The third kappa shape index (κ3) is 3.47. The Morgan fingerprint density at radius 2 is 1.77 bits per heavy atom. The summed E-state index contributed by atoms with van der Waals surface area (Å²) in [4.78, 5) is 14.8. The molecule has 2 fully saturated rings. The van der Waals surface area contributed by atoms with Crippen molar-refractivity contribution in [3.8, 4) is 0 Å². The maximum atomic E-state index is 12.8. The van der Waals surface area contributed by atoms with Gasteiger partial charge in [0.1, 0.15) is 0 Å². The second-order valence-corrected chi connectivity index (χ2v) is 6.55. The van der Waals surface area contributed by atoms with E-state index in [0.29, 0.717) is 5.41 Å². The largest absolute Gasteiger partial charge is 0.339 e. The van der Waals surface area contributed by atoms with Crippen LogP contribution in [0.15, 0.2) is 24.3 Å². The number of nitrogens with zero attached hydrogens (tertiary/aromatic N) is 1. The first-order valence-electron chi connectivity index (χ1n) is 8.32. The zero-order valence-corrected chi connectivity index (χ0v) is 14.3. The predicted octanol–water partition coefficient (Wildman–Crippen LogP) is 3.28. The van der Waals surface area contributed by atoms with Crippen LogP contribution in [0.4, 0.5) is 0 Å². The number of aryl methyl sites for hydroxylation is 1. The number of likely N-dealkylation sites (tertiary alicyclic amines) is 1. The van der Waals surface area contributed by atoms with Crippen LogP contribution < -0.4 is 5.32 Å². The van der Waals surface area contributed by atoms with Crippen molar-refractivity contribution in [1.29, 1.82) is 0 Å². The van der Waals surface area contributed by atoms with E-state index in [2.05, 4.69) is 23.2 Å². The molecule has 1 amide bonds. The molecule has 4 heteroatoms. The Morgan fingerprint density at radius 3 is 2.41 bits per heavy atom. The lowest BCUT2D eigenvalue weighted by atomic mass is 9.71. The summed E-state index contributed by atoms with van der Waals surface area (Å²) in [5.74, 6) is 0.233. The van der Waals surface area contributed by atoms with Gasteiger partial charge >= 0.3 is 0 Å². The van der Waals surface area contributed by atoms with Crippen LogP contribution in [0.5, 0.6) is 0 Å². The molecule has 1 spiro atoms. The first-order valence-corrected chi connectivity index (χ1v) is 8.32. The molecule has 0 radical (unpaired) electrons. The van der Waals surface area contributed by atoms with E-state index in [1.54, 1.807) is 0 Å². The fourth-order valence-electron chi connectivity index (χ4n) is 3.85. The number of halogens is 1. The molecule has 122 valence electrons. The maximum absolute atomic E-state index is 12.8. The summed E-state index contributed by atoms with van der Waals surface area (Å²) in [6.45, 7) is 6.26. The average Bonchev–Trinajstić information content (AvgIpc) is 2.56. The van der Waals surface area contributed by atoms with E-state index >= 15 is 0 Å². The summed E-state index contributed by atoms with van der Waals surface area (Å²) < 4.78 is 0. The van der Waals surface area contributed by atoms with E-state index < -0.39 is 0 Å². The number of hydrogen-bond donors (Lipinski definition) is 1. The van der Waals surface area contributed by atoms with Crippen molar-refractivity contribution in [3.63, 3.8) is 0 Å². The molecule has 0 aliphatic carbocycles. The lowest BCUT2D eigenvalue weighted by Gasteiger charge is -2.44. The maximum Gasteiger partial charge on any atom is 0.254 e. The lowest BCUT2D eigenvalue weighted by Crippen LogP contribution is -2.47. The van der Waals surface area contributed by atoms with Crippen LogP contribution in [0.25, 0.3) is 0 Å². The number of piperidine rings is 2. The van der Waals surface area contributed by atoms with Crippen molar-refractivity contribution < 1.29 is 4.79 Å². The van der Waals surface area contributed by atoms with Gasteiger partial charge in [-0.3, -0.25) is 4.79 Å². The molecule has 0 saturated carbocycles. The van der Waals surface area contributed by atoms with Gasteiger partial charge in [-0.2, -0.15) is 0 Å². The van der Waals surface area contributed by atoms with Crippen LogP contribution in [0.2, 0.25) is 0 Å². The van der Waals surface area contributed by atoms with Gasteiger partial charge in [-0.15, -0.1) is 12.4 Å². The SMILES string of the molecule is CCc1ccccc1C(=O)N1CCC2(CCNCC2)CC1.Cl. The van der Waals surface area contributed by atoms with Gasteiger partial charge in [0, 0.05) is 18.7 Å². The highest BCUT2D eigenvalue weighted by molar-refractivity contribution is 5.95. The number of carbonyl (C=O) groups is 1. The second-order valence-electron chi connectivity index (χ2n) is 6.55. The number of carbonyl (C=O) groups excluding carboxylic acids is 1. The monoisotopic (exact) mass is 322 g/mol. The Kier molecular flexibility index (Phi) is 5.87. The summed E-state index contributed by atoms with van der Waals surface area (Å²) >= 11 is 0. The van der Waals surface area contributed by atoms with Crippen LogP contribution in [-0.4, -0.2) is 37.0 Å². The molecule has 0 unspecified atom stereocenters. The Bertz CT molecular complexity index is 502. The predicted molar refractivity (Wildman–Crippen MR) is 92.7 cm³/mol. The van der Waals surface area contributed by atoms with Crippen molar-refractivity contribution >= 4 is 18.3 Å². The number of nitrogens with one attached hydrogen (secondary N) is 1. The molecular formula is C18H27ClN2O. The molecule has 2 saturated heterocycles. The van der Waals surface area contributed by atoms with Crippen molar-refractivity contribution in [1.82, 2.24) is 10.2 Å². The topological polar surface area (TPSA) is 32.3 Å². The highest BCUT2D eigenvalue weighted by atomic mass is 35.5. The summed E-state index contributed by atoms with van der Waals surface area (Å²) in [7, 11) is 0. The summed E-state index contributed by atoms with van der Waals surface area (Å²) in [5, 5.41) is 3.45. The minimum absolute atomic E-state index is 0. The van der Waals surface area contributed by atoms with Gasteiger partial charge in [-0.25, -0.2) is 0 Å². The van der Waals surface area contributed by atoms with E-state index in [-0.39, 0.29) is 18.3 Å². The number of benzene rings is 1. The highest BCUT2D eigenvalue weighted by Crippen LogP contribution is 2.39. The molecule has 1 N–H and O–H groups in total. The fraction of sp³-hybridized carbons (Fsp3) is 0.611. The third-order valence-electron chi connectivity index (χ3n) is 5.40.